The molecule has 6 nitrogen and oxygen atoms in total. The van der Waals surface area contributed by atoms with Gasteiger partial charge in [0.2, 0.25) is 0 Å². The molecule has 0 aliphatic heterocycles. The number of aromatic amines is 1. The van der Waals surface area contributed by atoms with Gasteiger partial charge < -0.3 is 9.32 Å². The molecule has 1 saturated carbocycles. The molecule has 0 spiro atoms. The third-order valence-corrected chi connectivity index (χ3v) is 6.73. The summed E-state index contributed by atoms with van der Waals surface area (Å²) in [7, 11) is 1.85. The summed E-state index contributed by atoms with van der Waals surface area (Å²) in [5, 5.41) is 7.71. The van der Waals surface area contributed by atoms with E-state index in [2.05, 4.69) is 10.2 Å². The fourth-order valence-electron chi connectivity index (χ4n) is 4.97. The van der Waals surface area contributed by atoms with Gasteiger partial charge in [-0.3, -0.25) is 9.89 Å². The Morgan fingerprint density at radius 3 is 2.80 bits per heavy atom. The van der Waals surface area contributed by atoms with E-state index in [0.717, 1.165) is 42.8 Å². The van der Waals surface area contributed by atoms with E-state index in [4.69, 9.17) is 9.40 Å². The standard InChI is InChI=1S/C24H30N4O2/c1-28(15-21-18-10-6-3-7-11-19(18)26-27-21)24(29)17-12-13-20-22(14-17)30-23(25-20)16-8-4-2-5-9-16/h12-14,16H,2-11,15H2,1H3,(H,26,27). The number of H-pyrrole nitrogens is 1. The second-order valence-electron chi connectivity index (χ2n) is 8.92. The molecule has 1 aromatic carbocycles. The van der Waals surface area contributed by atoms with Crippen LogP contribution in [0.4, 0.5) is 0 Å². The van der Waals surface area contributed by atoms with E-state index >= 15 is 0 Å². The van der Waals surface area contributed by atoms with Gasteiger partial charge in [-0.05, 0) is 62.3 Å². The van der Waals surface area contributed by atoms with Crippen molar-refractivity contribution in [3.8, 4) is 0 Å². The highest BCUT2D eigenvalue weighted by molar-refractivity contribution is 5.96. The largest absolute Gasteiger partial charge is 0.440 e. The van der Waals surface area contributed by atoms with Gasteiger partial charge >= 0.3 is 0 Å². The molecule has 2 aromatic heterocycles. The third kappa shape index (κ3) is 3.75. The summed E-state index contributed by atoms with van der Waals surface area (Å²) in [5.74, 6) is 1.24. The van der Waals surface area contributed by atoms with Gasteiger partial charge in [-0.25, -0.2) is 4.98 Å². The maximum atomic E-state index is 13.1. The number of carbonyl (C=O) groups is 1. The molecule has 158 valence electrons. The van der Waals surface area contributed by atoms with E-state index in [9.17, 15) is 4.79 Å². The monoisotopic (exact) mass is 406 g/mol. The highest BCUT2D eigenvalue weighted by atomic mass is 16.3. The van der Waals surface area contributed by atoms with Crippen molar-refractivity contribution in [2.45, 2.75) is 76.7 Å². The zero-order valence-corrected chi connectivity index (χ0v) is 17.7. The van der Waals surface area contributed by atoms with E-state index in [-0.39, 0.29) is 5.91 Å². The van der Waals surface area contributed by atoms with E-state index < -0.39 is 0 Å². The number of hydrogen-bond donors (Lipinski definition) is 1. The van der Waals surface area contributed by atoms with Crippen molar-refractivity contribution in [1.82, 2.24) is 20.1 Å². The fraction of sp³-hybridized carbons (Fsp3) is 0.542. The molecule has 2 aliphatic carbocycles. The van der Waals surface area contributed by atoms with E-state index in [1.54, 1.807) is 4.90 Å². The van der Waals surface area contributed by atoms with Gasteiger partial charge in [0.05, 0.1) is 12.2 Å². The lowest BCUT2D eigenvalue weighted by Gasteiger charge is -2.17. The molecule has 0 unspecified atom stereocenters. The number of rotatable bonds is 4. The predicted molar refractivity (Wildman–Crippen MR) is 115 cm³/mol. The Balaban J connectivity index is 1.33. The number of benzene rings is 1. The van der Waals surface area contributed by atoms with Crippen molar-refractivity contribution in [2.75, 3.05) is 7.05 Å². The maximum absolute atomic E-state index is 13.1. The lowest BCUT2D eigenvalue weighted by atomic mass is 9.89. The summed E-state index contributed by atoms with van der Waals surface area (Å²) in [6, 6.07) is 5.62. The summed E-state index contributed by atoms with van der Waals surface area (Å²) < 4.78 is 6.07. The molecule has 0 atom stereocenters. The minimum atomic E-state index is -0.0158. The molecule has 3 aromatic rings. The number of fused-ring (bicyclic) bond motifs is 2. The second-order valence-corrected chi connectivity index (χ2v) is 8.92. The van der Waals surface area contributed by atoms with Gasteiger partial charge in [-0.15, -0.1) is 0 Å². The molecular weight excluding hydrogens is 376 g/mol. The van der Waals surface area contributed by atoms with E-state index in [1.807, 2.05) is 25.2 Å². The zero-order valence-electron chi connectivity index (χ0n) is 17.7. The summed E-state index contributed by atoms with van der Waals surface area (Å²) in [6.45, 7) is 0.520. The molecule has 2 aliphatic rings. The van der Waals surface area contributed by atoms with Gasteiger partial charge in [0, 0.05) is 24.2 Å². The molecule has 0 saturated heterocycles. The molecule has 0 radical (unpaired) electrons. The number of oxazole rings is 1. The van der Waals surface area contributed by atoms with Crippen LogP contribution in [0.2, 0.25) is 0 Å². The topological polar surface area (TPSA) is 75.0 Å². The first-order valence-corrected chi connectivity index (χ1v) is 11.4. The Morgan fingerprint density at radius 1 is 1.13 bits per heavy atom. The lowest BCUT2D eigenvalue weighted by molar-refractivity contribution is 0.0783. The van der Waals surface area contributed by atoms with Crippen LogP contribution in [0.3, 0.4) is 0 Å². The van der Waals surface area contributed by atoms with E-state index in [1.165, 1.54) is 49.8 Å². The quantitative estimate of drug-likeness (QED) is 0.609. The lowest BCUT2D eigenvalue weighted by Crippen LogP contribution is -2.26. The van der Waals surface area contributed by atoms with Crippen LogP contribution in [0, 0.1) is 0 Å². The third-order valence-electron chi connectivity index (χ3n) is 6.73. The number of nitrogens with zero attached hydrogens (tertiary/aromatic N) is 3. The van der Waals surface area contributed by atoms with Crippen LogP contribution in [0.5, 0.6) is 0 Å². The number of carbonyl (C=O) groups excluding carboxylic acids is 1. The van der Waals surface area contributed by atoms with Crippen molar-refractivity contribution in [2.24, 2.45) is 0 Å². The Bertz CT molecular complexity index is 1040. The number of amides is 1. The number of nitrogens with one attached hydrogen (secondary N) is 1. The fourth-order valence-corrected chi connectivity index (χ4v) is 4.97. The van der Waals surface area contributed by atoms with Crippen LogP contribution in [0.25, 0.3) is 11.1 Å². The summed E-state index contributed by atoms with van der Waals surface area (Å²) in [6.07, 6.45) is 11.9. The number of aromatic nitrogens is 3. The van der Waals surface area contributed by atoms with Gasteiger partial charge in [-0.2, -0.15) is 5.10 Å². The number of hydrogen-bond acceptors (Lipinski definition) is 4. The van der Waals surface area contributed by atoms with Crippen LogP contribution in [0.1, 0.15) is 90.5 Å². The van der Waals surface area contributed by atoms with Crippen LogP contribution < -0.4 is 0 Å². The summed E-state index contributed by atoms with van der Waals surface area (Å²) in [5.41, 5.74) is 5.76. The first-order valence-electron chi connectivity index (χ1n) is 11.4. The van der Waals surface area contributed by atoms with Crippen molar-refractivity contribution < 1.29 is 9.21 Å². The van der Waals surface area contributed by atoms with Gasteiger partial charge in [0.15, 0.2) is 11.5 Å². The molecule has 1 amide bonds. The minimum absolute atomic E-state index is 0.0158. The molecule has 2 heterocycles. The maximum Gasteiger partial charge on any atom is 0.254 e. The highest BCUT2D eigenvalue weighted by Gasteiger charge is 2.23. The van der Waals surface area contributed by atoms with E-state index in [0.29, 0.717) is 23.6 Å². The Kier molecular flexibility index (Phi) is 5.32. The van der Waals surface area contributed by atoms with Crippen molar-refractivity contribution in [3.05, 3.63) is 46.6 Å². The van der Waals surface area contributed by atoms with Crippen LogP contribution in [-0.2, 0) is 19.4 Å². The highest BCUT2D eigenvalue weighted by Crippen LogP contribution is 2.34. The average Bonchev–Trinajstić information content (AvgIpc) is 3.29. The average molecular weight is 407 g/mol. The molecule has 5 rings (SSSR count). The van der Waals surface area contributed by atoms with Crippen LogP contribution in [0.15, 0.2) is 22.6 Å². The number of aryl methyl sites for hydroxylation is 1. The van der Waals surface area contributed by atoms with Gasteiger partial charge in [0.1, 0.15) is 5.52 Å². The Morgan fingerprint density at radius 2 is 1.93 bits per heavy atom. The SMILES string of the molecule is CN(Cc1n[nH]c2c1CCCCC2)C(=O)c1ccc2nc(C3CCCCC3)oc2c1. The Labute approximate surface area is 177 Å². The summed E-state index contributed by atoms with van der Waals surface area (Å²) in [4.78, 5) is 19.5. The molecule has 1 N–H and O–H groups in total. The first kappa shape index (κ1) is 19.3. The molecule has 0 bridgehead atoms. The van der Waals surface area contributed by atoms with Gasteiger partial charge in [-0.1, -0.05) is 25.7 Å². The Hall–Kier alpha value is -2.63. The van der Waals surface area contributed by atoms with Crippen molar-refractivity contribution in [1.29, 1.82) is 0 Å². The van der Waals surface area contributed by atoms with Crippen molar-refractivity contribution in [3.63, 3.8) is 0 Å². The zero-order chi connectivity index (χ0) is 20.5. The summed E-state index contributed by atoms with van der Waals surface area (Å²) >= 11 is 0. The van der Waals surface area contributed by atoms with Crippen LogP contribution >= 0.6 is 0 Å². The second kappa shape index (κ2) is 8.25. The van der Waals surface area contributed by atoms with Crippen LogP contribution in [-0.4, -0.2) is 33.0 Å². The molecule has 1 fully saturated rings. The molecule has 6 heteroatoms. The molecule has 30 heavy (non-hydrogen) atoms. The predicted octanol–water partition coefficient (Wildman–Crippen LogP) is 5.14. The van der Waals surface area contributed by atoms with Crippen molar-refractivity contribution >= 4 is 17.0 Å². The van der Waals surface area contributed by atoms with Gasteiger partial charge in [0.25, 0.3) is 5.91 Å². The first-order chi connectivity index (χ1) is 14.7. The molecular formula is C24H30N4O2. The minimum Gasteiger partial charge on any atom is -0.440 e. The smallest absolute Gasteiger partial charge is 0.254 e. The normalized spacial score (nSPS) is 17.6.